The molecule has 2 aliphatic rings. The van der Waals surface area contributed by atoms with E-state index in [1.54, 1.807) is 6.20 Å². The highest BCUT2D eigenvalue weighted by Crippen LogP contribution is 2.31. The van der Waals surface area contributed by atoms with Gasteiger partial charge in [-0.05, 0) is 39.2 Å². The Morgan fingerprint density at radius 3 is 2.74 bits per heavy atom. The molecular weight excluding hydrogens is 446 g/mol. The fourth-order valence-corrected chi connectivity index (χ4v) is 4.54. The van der Waals surface area contributed by atoms with Gasteiger partial charge >= 0.3 is 0 Å². The van der Waals surface area contributed by atoms with Crippen molar-refractivity contribution in [1.82, 2.24) is 30.0 Å². The van der Waals surface area contributed by atoms with E-state index in [0.717, 1.165) is 23.1 Å². The first-order valence-corrected chi connectivity index (χ1v) is 12.3. The first kappa shape index (κ1) is 23.3. The van der Waals surface area contributed by atoms with E-state index in [2.05, 4.69) is 44.3 Å². The number of hydrogen-bond donors (Lipinski definition) is 3. The van der Waals surface area contributed by atoms with E-state index in [4.69, 9.17) is 5.10 Å². The maximum Gasteiger partial charge on any atom is 0.239 e. The van der Waals surface area contributed by atoms with E-state index >= 15 is 0 Å². The van der Waals surface area contributed by atoms with E-state index in [1.165, 1.54) is 0 Å². The smallest absolute Gasteiger partial charge is 0.239 e. The lowest BCUT2D eigenvalue weighted by molar-refractivity contribution is -0.120. The van der Waals surface area contributed by atoms with E-state index in [0.29, 0.717) is 63.1 Å². The summed E-state index contributed by atoms with van der Waals surface area (Å²) in [5, 5.41) is 22.2. The van der Waals surface area contributed by atoms with E-state index in [-0.39, 0.29) is 11.9 Å². The van der Waals surface area contributed by atoms with Crippen molar-refractivity contribution in [2.75, 3.05) is 47.8 Å². The van der Waals surface area contributed by atoms with Crippen LogP contribution in [0.1, 0.15) is 46.1 Å². The predicted octanol–water partition coefficient (Wildman–Crippen LogP) is 2.22. The highest BCUT2D eigenvalue weighted by atomic mass is 16.3. The third-order valence-electron chi connectivity index (χ3n) is 6.94. The van der Waals surface area contributed by atoms with Gasteiger partial charge in [-0.15, -0.1) is 0 Å². The van der Waals surface area contributed by atoms with Crippen LogP contribution in [-0.4, -0.2) is 74.1 Å². The summed E-state index contributed by atoms with van der Waals surface area (Å²) < 4.78 is 2.02. The zero-order valence-electron chi connectivity index (χ0n) is 20.5. The van der Waals surface area contributed by atoms with Gasteiger partial charge in [0.25, 0.3) is 0 Å². The second-order valence-corrected chi connectivity index (χ2v) is 9.73. The van der Waals surface area contributed by atoms with Crippen molar-refractivity contribution < 1.29 is 9.90 Å². The standard InChI is InChI=1S/C24H33N9O2/c1-4-16(2)33-18-13-20(27-14-17(18)22(30-33)32-12-9-25-21(34)15-32)28-19-5-8-26-23(29-19)31-10-6-24(3,35)7-11-31/h5,8,13-14,16,35H,4,6-7,9-12,15H2,1-3H3,(H,25,34)(H,26,27,28,29). The maximum atomic E-state index is 12.0. The number of carbonyl (C=O) groups excluding carboxylic acids is 1. The zero-order valence-corrected chi connectivity index (χ0v) is 20.5. The first-order chi connectivity index (χ1) is 16.8. The second-order valence-electron chi connectivity index (χ2n) is 9.73. The van der Waals surface area contributed by atoms with Gasteiger partial charge in [-0.25, -0.2) is 9.97 Å². The molecule has 0 aromatic carbocycles. The average molecular weight is 480 g/mol. The van der Waals surface area contributed by atoms with Crippen LogP contribution in [-0.2, 0) is 4.79 Å². The van der Waals surface area contributed by atoms with E-state index < -0.39 is 5.60 Å². The molecule has 3 N–H and O–H groups in total. The van der Waals surface area contributed by atoms with Crippen LogP contribution >= 0.6 is 0 Å². The maximum absolute atomic E-state index is 12.0. The molecule has 0 bridgehead atoms. The van der Waals surface area contributed by atoms with Crippen molar-refractivity contribution in [3.8, 4) is 0 Å². The molecule has 35 heavy (non-hydrogen) atoms. The summed E-state index contributed by atoms with van der Waals surface area (Å²) in [5.41, 5.74) is 0.339. The fourth-order valence-electron chi connectivity index (χ4n) is 4.54. The number of nitrogens with one attached hydrogen (secondary N) is 2. The lowest BCUT2D eigenvalue weighted by Gasteiger charge is -2.35. The molecule has 0 radical (unpaired) electrons. The van der Waals surface area contributed by atoms with Gasteiger partial charge in [-0.3, -0.25) is 9.48 Å². The van der Waals surface area contributed by atoms with Crippen molar-refractivity contribution in [3.63, 3.8) is 0 Å². The van der Waals surface area contributed by atoms with Crippen molar-refractivity contribution in [3.05, 3.63) is 24.5 Å². The quantitative estimate of drug-likeness (QED) is 0.488. The molecule has 1 unspecified atom stereocenters. The van der Waals surface area contributed by atoms with Gasteiger partial charge in [0.05, 0.1) is 23.0 Å². The van der Waals surface area contributed by atoms with Crippen LogP contribution in [0.25, 0.3) is 10.9 Å². The molecule has 5 rings (SSSR count). The monoisotopic (exact) mass is 479 g/mol. The van der Waals surface area contributed by atoms with E-state index in [9.17, 15) is 9.90 Å². The topological polar surface area (TPSA) is 124 Å². The number of piperazine rings is 1. The summed E-state index contributed by atoms with van der Waals surface area (Å²) in [6.45, 7) is 9.19. The Hall–Kier alpha value is -3.47. The van der Waals surface area contributed by atoms with Crippen LogP contribution in [0.15, 0.2) is 24.5 Å². The molecule has 11 nitrogen and oxygen atoms in total. The number of anilines is 4. The fraction of sp³-hybridized carbons (Fsp3) is 0.542. The van der Waals surface area contributed by atoms with Crippen molar-refractivity contribution in [2.45, 2.75) is 51.7 Å². The van der Waals surface area contributed by atoms with Crippen molar-refractivity contribution in [2.24, 2.45) is 0 Å². The molecule has 2 fully saturated rings. The van der Waals surface area contributed by atoms with Crippen LogP contribution in [0.3, 0.4) is 0 Å². The minimum Gasteiger partial charge on any atom is -0.390 e. The van der Waals surface area contributed by atoms with Crippen LogP contribution in [0.5, 0.6) is 0 Å². The molecule has 0 spiro atoms. The molecule has 11 heteroatoms. The number of nitrogens with zero attached hydrogens (tertiary/aromatic N) is 7. The summed E-state index contributed by atoms with van der Waals surface area (Å²) in [6.07, 6.45) is 5.86. The molecule has 0 saturated carbocycles. The van der Waals surface area contributed by atoms with Crippen LogP contribution < -0.4 is 20.4 Å². The third-order valence-corrected chi connectivity index (χ3v) is 6.94. The summed E-state index contributed by atoms with van der Waals surface area (Å²) in [4.78, 5) is 29.8. The average Bonchev–Trinajstić information content (AvgIpc) is 3.23. The normalized spacial score (nSPS) is 19.0. The molecule has 3 aromatic rings. The Balaban J connectivity index is 1.42. The molecule has 3 aromatic heterocycles. The minimum atomic E-state index is -0.624. The summed E-state index contributed by atoms with van der Waals surface area (Å²) >= 11 is 0. The molecule has 2 saturated heterocycles. The van der Waals surface area contributed by atoms with E-state index in [1.807, 2.05) is 34.8 Å². The van der Waals surface area contributed by atoms with Crippen LogP contribution in [0, 0.1) is 0 Å². The minimum absolute atomic E-state index is 0.00521. The van der Waals surface area contributed by atoms with Crippen molar-refractivity contribution in [1.29, 1.82) is 0 Å². The molecule has 1 amide bonds. The highest BCUT2D eigenvalue weighted by molar-refractivity contribution is 5.94. The zero-order chi connectivity index (χ0) is 24.6. The number of carbonyl (C=O) groups is 1. The summed E-state index contributed by atoms with van der Waals surface area (Å²) in [6, 6.07) is 4.00. The molecular formula is C24H33N9O2. The number of aromatic nitrogens is 5. The van der Waals surface area contributed by atoms with Crippen molar-refractivity contribution >= 4 is 40.2 Å². The SMILES string of the molecule is CCC(C)n1nc(N2CCNC(=O)C2)c2cnc(Nc3ccnc(N4CCC(C)(O)CC4)n3)cc21. The van der Waals surface area contributed by atoms with Gasteiger partial charge in [0.2, 0.25) is 11.9 Å². The first-order valence-electron chi connectivity index (χ1n) is 12.3. The Kier molecular flexibility index (Phi) is 6.18. The molecule has 1 atom stereocenters. The number of hydrogen-bond acceptors (Lipinski definition) is 9. The Morgan fingerprint density at radius 2 is 2.00 bits per heavy atom. The number of rotatable bonds is 6. The van der Waals surface area contributed by atoms with Gasteiger partial charge in [0.1, 0.15) is 11.6 Å². The Morgan fingerprint density at radius 1 is 1.20 bits per heavy atom. The van der Waals surface area contributed by atoms with Gasteiger partial charge < -0.3 is 25.5 Å². The predicted molar refractivity (Wildman–Crippen MR) is 135 cm³/mol. The Labute approximate surface area is 204 Å². The number of fused-ring (bicyclic) bond motifs is 1. The molecule has 5 heterocycles. The van der Waals surface area contributed by atoms with Gasteiger partial charge in [0.15, 0.2) is 5.82 Å². The number of piperidine rings is 1. The Bertz CT molecular complexity index is 1210. The van der Waals surface area contributed by atoms with Gasteiger partial charge in [-0.2, -0.15) is 10.1 Å². The lowest BCUT2D eigenvalue weighted by Crippen LogP contribution is -2.48. The highest BCUT2D eigenvalue weighted by Gasteiger charge is 2.28. The third kappa shape index (κ3) is 4.86. The van der Waals surface area contributed by atoms with Crippen LogP contribution in [0.4, 0.5) is 23.4 Å². The molecule has 2 aliphatic heterocycles. The molecule has 0 aliphatic carbocycles. The molecule has 186 valence electrons. The summed E-state index contributed by atoms with van der Waals surface area (Å²) in [7, 11) is 0. The summed E-state index contributed by atoms with van der Waals surface area (Å²) in [5.74, 6) is 2.75. The van der Waals surface area contributed by atoms with Gasteiger partial charge in [0, 0.05) is 50.7 Å². The largest absolute Gasteiger partial charge is 0.390 e. The lowest BCUT2D eigenvalue weighted by atomic mass is 9.94. The second kappa shape index (κ2) is 9.29. The number of pyridine rings is 1. The van der Waals surface area contributed by atoms with Crippen LogP contribution in [0.2, 0.25) is 0 Å². The number of amides is 1. The van der Waals surface area contributed by atoms with Gasteiger partial charge in [-0.1, -0.05) is 6.92 Å². The number of aliphatic hydroxyl groups is 1.